The summed E-state index contributed by atoms with van der Waals surface area (Å²) in [6, 6.07) is 10.9. The molecule has 4 nitrogen and oxygen atoms in total. The summed E-state index contributed by atoms with van der Waals surface area (Å²) >= 11 is 0. The molecule has 0 bridgehead atoms. The zero-order valence-electron chi connectivity index (χ0n) is 18.9. The molecule has 2 aliphatic rings. The SMILES string of the molecule is CC(=O)Nc1c(C)c(C)c2c(c1C)C(C)C(CN1CCC(c3ccccc3)CC1)O2. The molecule has 2 aromatic carbocycles. The number of amides is 1. The third kappa shape index (κ3) is 3.85. The molecule has 4 heteroatoms. The summed E-state index contributed by atoms with van der Waals surface area (Å²) in [4.78, 5) is 14.3. The second-order valence-corrected chi connectivity index (χ2v) is 9.10. The monoisotopic (exact) mass is 406 g/mol. The van der Waals surface area contributed by atoms with Crippen LogP contribution in [0, 0.1) is 20.8 Å². The van der Waals surface area contributed by atoms with Crippen molar-refractivity contribution in [1.82, 2.24) is 4.90 Å². The second-order valence-electron chi connectivity index (χ2n) is 9.10. The minimum Gasteiger partial charge on any atom is -0.488 e. The Balaban J connectivity index is 1.46. The summed E-state index contributed by atoms with van der Waals surface area (Å²) in [6.45, 7) is 13.3. The maximum Gasteiger partial charge on any atom is 0.221 e. The van der Waals surface area contributed by atoms with Gasteiger partial charge in [0.05, 0.1) is 0 Å². The standard InChI is InChI=1S/C26H34N2O2/c1-16-17(2)26-24(19(4)25(16)27-20(5)29)18(3)23(30-26)15-28-13-11-22(12-14-28)21-9-7-6-8-10-21/h6-10,18,22-23H,11-15H2,1-5H3,(H,27,29). The Morgan fingerprint density at radius 3 is 2.37 bits per heavy atom. The summed E-state index contributed by atoms with van der Waals surface area (Å²) in [5, 5.41) is 3.04. The average Bonchev–Trinajstić information content (AvgIpc) is 3.07. The van der Waals surface area contributed by atoms with Crippen molar-refractivity contribution < 1.29 is 9.53 Å². The van der Waals surface area contributed by atoms with Crippen molar-refractivity contribution in [3.05, 3.63) is 58.1 Å². The Morgan fingerprint density at radius 2 is 1.73 bits per heavy atom. The minimum absolute atomic E-state index is 0.0232. The number of hydrogen-bond acceptors (Lipinski definition) is 3. The fourth-order valence-corrected chi connectivity index (χ4v) is 5.27. The van der Waals surface area contributed by atoms with Gasteiger partial charge in [-0.1, -0.05) is 37.3 Å². The number of carbonyl (C=O) groups excluding carboxylic acids is 1. The molecule has 1 fully saturated rings. The highest BCUT2D eigenvalue weighted by Crippen LogP contribution is 2.47. The lowest BCUT2D eigenvalue weighted by Crippen LogP contribution is -2.40. The second kappa shape index (κ2) is 8.43. The Hall–Kier alpha value is -2.33. The zero-order chi connectivity index (χ0) is 21.4. The Kier molecular flexibility index (Phi) is 5.88. The molecule has 30 heavy (non-hydrogen) atoms. The largest absolute Gasteiger partial charge is 0.488 e. The first-order chi connectivity index (χ1) is 14.4. The van der Waals surface area contributed by atoms with Crippen LogP contribution in [0.3, 0.4) is 0 Å². The fourth-order valence-electron chi connectivity index (χ4n) is 5.27. The molecule has 1 saturated heterocycles. The van der Waals surface area contributed by atoms with E-state index < -0.39 is 0 Å². The normalized spacial score (nSPS) is 21.9. The van der Waals surface area contributed by atoms with Crippen molar-refractivity contribution >= 4 is 11.6 Å². The van der Waals surface area contributed by atoms with Gasteiger partial charge < -0.3 is 10.1 Å². The van der Waals surface area contributed by atoms with E-state index in [0.29, 0.717) is 11.8 Å². The number of ether oxygens (including phenoxy) is 1. The first kappa shape index (κ1) is 20.9. The van der Waals surface area contributed by atoms with Gasteiger partial charge in [-0.2, -0.15) is 0 Å². The van der Waals surface area contributed by atoms with Crippen LogP contribution >= 0.6 is 0 Å². The van der Waals surface area contributed by atoms with Gasteiger partial charge in [0.2, 0.25) is 5.91 Å². The zero-order valence-corrected chi connectivity index (χ0v) is 18.9. The van der Waals surface area contributed by atoms with E-state index in [0.717, 1.165) is 47.8 Å². The van der Waals surface area contributed by atoms with Crippen LogP contribution in [-0.2, 0) is 4.79 Å². The first-order valence-electron chi connectivity index (χ1n) is 11.2. The van der Waals surface area contributed by atoms with Crippen LogP contribution in [0.25, 0.3) is 0 Å². The van der Waals surface area contributed by atoms with Crippen LogP contribution < -0.4 is 10.1 Å². The van der Waals surface area contributed by atoms with E-state index in [1.807, 2.05) is 0 Å². The molecule has 0 saturated carbocycles. The van der Waals surface area contributed by atoms with Crippen LogP contribution in [-0.4, -0.2) is 36.5 Å². The van der Waals surface area contributed by atoms with Crippen LogP contribution in [0.15, 0.2) is 30.3 Å². The van der Waals surface area contributed by atoms with Crippen LogP contribution in [0.5, 0.6) is 5.75 Å². The predicted octanol–water partition coefficient (Wildman–Crippen LogP) is 5.31. The lowest BCUT2D eigenvalue weighted by molar-refractivity contribution is -0.114. The van der Waals surface area contributed by atoms with E-state index in [1.54, 1.807) is 6.92 Å². The molecule has 160 valence electrons. The number of likely N-dealkylation sites (tertiary alicyclic amines) is 1. The fraction of sp³-hybridized carbons (Fsp3) is 0.500. The maximum absolute atomic E-state index is 11.7. The lowest BCUT2D eigenvalue weighted by Gasteiger charge is -2.34. The number of hydrogen-bond donors (Lipinski definition) is 1. The molecule has 1 N–H and O–H groups in total. The van der Waals surface area contributed by atoms with E-state index in [9.17, 15) is 4.79 Å². The minimum atomic E-state index is -0.0232. The summed E-state index contributed by atoms with van der Waals surface area (Å²) in [5.74, 6) is 2.01. The van der Waals surface area contributed by atoms with Gasteiger partial charge in [0.25, 0.3) is 0 Å². The molecule has 2 aliphatic heterocycles. The molecule has 0 aromatic heterocycles. The van der Waals surface area contributed by atoms with E-state index >= 15 is 0 Å². The molecule has 0 aliphatic carbocycles. The number of nitrogens with one attached hydrogen (secondary N) is 1. The molecule has 2 heterocycles. The molecule has 2 atom stereocenters. The highest BCUT2D eigenvalue weighted by molar-refractivity contribution is 5.91. The number of piperidine rings is 1. The van der Waals surface area contributed by atoms with Crippen molar-refractivity contribution in [3.63, 3.8) is 0 Å². The molecular formula is C26H34N2O2. The van der Waals surface area contributed by atoms with E-state index in [2.05, 4.69) is 68.2 Å². The van der Waals surface area contributed by atoms with Crippen LogP contribution in [0.1, 0.15) is 66.3 Å². The summed E-state index contributed by atoms with van der Waals surface area (Å²) in [6.07, 6.45) is 2.58. The van der Waals surface area contributed by atoms with E-state index in [4.69, 9.17) is 4.74 Å². The maximum atomic E-state index is 11.7. The number of fused-ring (bicyclic) bond motifs is 1. The summed E-state index contributed by atoms with van der Waals surface area (Å²) in [5.41, 5.74) is 7.11. The third-order valence-electron chi connectivity index (χ3n) is 7.18. The highest BCUT2D eigenvalue weighted by atomic mass is 16.5. The van der Waals surface area contributed by atoms with Crippen LogP contribution in [0.4, 0.5) is 5.69 Å². The average molecular weight is 407 g/mol. The number of benzene rings is 2. The first-order valence-corrected chi connectivity index (χ1v) is 11.2. The van der Waals surface area contributed by atoms with Crippen LogP contribution in [0.2, 0.25) is 0 Å². The van der Waals surface area contributed by atoms with Crippen molar-refractivity contribution in [2.45, 2.75) is 65.4 Å². The predicted molar refractivity (Wildman–Crippen MR) is 123 cm³/mol. The molecule has 0 spiro atoms. The Morgan fingerprint density at radius 1 is 1.07 bits per heavy atom. The smallest absolute Gasteiger partial charge is 0.221 e. The molecule has 1 amide bonds. The summed E-state index contributed by atoms with van der Waals surface area (Å²) in [7, 11) is 0. The summed E-state index contributed by atoms with van der Waals surface area (Å²) < 4.78 is 6.53. The van der Waals surface area contributed by atoms with Gasteiger partial charge in [-0.3, -0.25) is 9.69 Å². The van der Waals surface area contributed by atoms with Crippen molar-refractivity contribution in [2.24, 2.45) is 0 Å². The molecule has 2 aromatic rings. The number of carbonyl (C=O) groups is 1. The van der Waals surface area contributed by atoms with Crippen molar-refractivity contribution in [2.75, 3.05) is 25.0 Å². The lowest BCUT2D eigenvalue weighted by atomic mass is 9.87. The molecule has 4 rings (SSSR count). The van der Waals surface area contributed by atoms with Crippen molar-refractivity contribution in [1.29, 1.82) is 0 Å². The van der Waals surface area contributed by atoms with Gasteiger partial charge in [0, 0.05) is 30.6 Å². The highest BCUT2D eigenvalue weighted by Gasteiger charge is 2.37. The van der Waals surface area contributed by atoms with Gasteiger partial charge in [-0.05, 0) is 74.9 Å². The van der Waals surface area contributed by atoms with Gasteiger partial charge in [0.1, 0.15) is 11.9 Å². The Labute approximate surface area is 180 Å². The quantitative estimate of drug-likeness (QED) is 0.748. The molecular weight excluding hydrogens is 372 g/mol. The van der Waals surface area contributed by atoms with Gasteiger partial charge in [-0.25, -0.2) is 0 Å². The number of anilines is 1. The van der Waals surface area contributed by atoms with Crippen molar-refractivity contribution in [3.8, 4) is 5.75 Å². The topological polar surface area (TPSA) is 41.6 Å². The van der Waals surface area contributed by atoms with E-state index in [1.165, 1.54) is 24.0 Å². The Bertz CT molecular complexity index is 930. The van der Waals surface area contributed by atoms with Gasteiger partial charge in [0.15, 0.2) is 0 Å². The van der Waals surface area contributed by atoms with Gasteiger partial charge in [-0.15, -0.1) is 0 Å². The van der Waals surface area contributed by atoms with Gasteiger partial charge >= 0.3 is 0 Å². The van der Waals surface area contributed by atoms with E-state index in [-0.39, 0.29) is 12.0 Å². The molecule has 0 radical (unpaired) electrons. The third-order valence-corrected chi connectivity index (χ3v) is 7.18. The molecule has 2 unspecified atom stereocenters. The number of rotatable bonds is 4. The number of nitrogens with zero attached hydrogens (tertiary/aromatic N) is 1.